The van der Waals surface area contributed by atoms with Gasteiger partial charge in [-0.3, -0.25) is 9.59 Å². The van der Waals surface area contributed by atoms with Gasteiger partial charge in [0, 0.05) is 50.5 Å². The molecule has 4 rings (SSSR count). The van der Waals surface area contributed by atoms with Gasteiger partial charge in [-0.25, -0.2) is 0 Å². The molecular weight excluding hydrogens is 370 g/mol. The van der Waals surface area contributed by atoms with Crippen molar-refractivity contribution in [3.63, 3.8) is 0 Å². The summed E-state index contributed by atoms with van der Waals surface area (Å²) in [5.74, 6) is 1.16. The van der Waals surface area contributed by atoms with Crippen LogP contribution in [0, 0.1) is 5.92 Å². The number of rotatable bonds is 6. The summed E-state index contributed by atoms with van der Waals surface area (Å²) in [6, 6.07) is 8.85. The number of nitrogens with zero attached hydrogens (tertiary/aromatic N) is 3. The van der Waals surface area contributed by atoms with E-state index < -0.39 is 0 Å². The molecule has 7 nitrogen and oxygen atoms in total. The van der Waals surface area contributed by atoms with Crippen LogP contribution in [0.25, 0.3) is 0 Å². The molecule has 2 fully saturated rings. The number of benzene rings is 1. The fourth-order valence-electron chi connectivity index (χ4n) is 3.69. The second-order valence-electron chi connectivity index (χ2n) is 7.96. The number of aromatic nitrogens is 1. The Bertz CT molecular complexity index is 855. The molecule has 1 saturated carbocycles. The summed E-state index contributed by atoms with van der Waals surface area (Å²) < 4.78 is 11.0. The smallest absolute Gasteiger partial charge is 0.254 e. The predicted octanol–water partition coefficient (Wildman–Crippen LogP) is 3.29. The molecule has 2 heterocycles. The van der Waals surface area contributed by atoms with Crippen molar-refractivity contribution in [2.75, 3.05) is 20.1 Å². The minimum Gasteiger partial charge on any atom is -0.490 e. The molecule has 29 heavy (non-hydrogen) atoms. The van der Waals surface area contributed by atoms with Gasteiger partial charge in [0.15, 0.2) is 0 Å². The van der Waals surface area contributed by atoms with Gasteiger partial charge in [-0.2, -0.15) is 0 Å². The van der Waals surface area contributed by atoms with E-state index in [4.69, 9.17) is 9.26 Å². The number of hydrogen-bond donors (Lipinski definition) is 0. The SMILES string of the molecule is CC(c1ccon1)N(C)C(=O)c1cccc(OC2CCN(C(=O)C3CC3)CC2)c1. The topological polar surface area (TPSA) is 75.9 Å². The molecule has 7 heteroatoms. The fourth-order valence-corrected chi connectivity index (χ4v) is 3.69. The Hall–Kier alpha value is -2.83. The van der Waals surface area contributed by atoms with Gasteiger partial charge in [-0.1, -0.05) is 11.2 Å². The van der Waals surface area contributed by atoms with Crippen molar-refractivity contribution < 1.29 is 18.8 Å². The van der Waals surface area contributed by atoms with E-state index in [-0.39, 0.29) is 24.0 Å². The van der Waals surface area contributed by atoms with Crippen LogP contribution in [0.1, 0.15) is 54.7 Å². The normalized spacial score (nSPS) is 18.3. The molecule has 0 radical (unpaired) electrons. The largest absolute Gasteiger partial charge is 0.490 e. The van der Waals surface area contributed by atoms with Crippen molar-refractivity contribution in [2.24, 2.45) is 5.92 Å². The molecule has 2 aromatic rings. The molecule has 1 aromatic carbocycles. The van der Waals surface area contributed by atoms with Gasteiger partial charge in [0.05, 0.1) is 6.04 Å². The van der Waals surface area contributed by atoms with Crippen LogP contribution >= 0.6 is 0 Å². The third-order valence-corrected chi connectivity index (χ3v) is 5.85. The average Bonchev–Trinajstić information content (AvgIpc) is 3.46. The van der Waals surface area contributed by atoms with Gasteiger partial charge in [-0.05, 0) is 38.0 Å². The Morgan fingerprint density at radius 2 is 1.97 bits per heavy atom. The zero-order chi connectivity index (χ0) is 20.4. The molecule has 1 saturated heterocycles. The first-order valence-electron chi connectivity index (χ1n) is 10.3. The standard InChI is InChI=1S/C22H27N3O4/c1-15(20-10-13-28-23-20)24(2)21(26)17-4-3-5-19(14-17)29-18-8-11-25(12-9-18)22(27)16-6-7-16/h3-5,10,13-16,18H,6-9,11-12H2,1-2H3. The summed E-state index contributed by atoms with van der Waals surface area (Å²) in [4.78, 5) is 28.7. The number of hydrogen-bond acceptors (Lipinski definition) is 5. The minimum atomic E-state index is -0.195. The first kappa shape index (κ1) is 19.5. The highest BCUT2D eigenvalue weighted by molar-refractivity contribution is 5.94. The summed E-state index contributed by atoms with van der Waals surface area (Å²) in [6.45, 7) is 3.40. The van der Waals surface area contributed by atoms with Gasteiger partial charge < -0.3 is 19.1 Å². The monoisotopic (exact) mass is 397 g/mol. The lowest BCUT2D eigenvalue weighted by atomic mass is 10.1. The maximum atomic E-state index is 12.9. The molecule has 0 spiro atoms. The van der Waals surface area contributed by atoms with Crippen LogP contribution in [-0.4, -0.2) is 53.0 Å². The molecule has 1 aliphatic heterocycles. The highest BCUT2D eigenvalue weighted by atomic mass is 16.5. The maximum absolute atomic E-state index is 12.9. The second kappa shape index (κ2) is 8.27. The molecule has 1 atom stereocenters. The van der Waals surface area contributed by atoms with Crippen molar-refractivity contribution in [2.45, 2.75) is 44.8 Å². The number of ether oxygens (including phenoxy) is 1. The van der Waals surface area contributed by atoms with Crippen molar-refractivity contribution >= 4 is 11.8 Å². The van der Waals surface area contributed by atoms with Crippen LogP contribution in [0.3, 0.4) is 0 Å². The van der Waals surface area contributed by atoms with Crippen molar-refractivity contribution in [3.8, 4) is 5.75 Å². The van der Waals surface area contributed by atoms with E-state index in [2.05, 4.69) is 5.16 Å². The third-order valence-electron chi connectivity index (χ3n) is 5.85. The van der Waals surface area contributed by atoms with Crippen molar-refractivity contribution in [1.82, 2.24) is 15.0 Å². The minimum absolute atomic E-state index is 0.0652. The van der Waals surface area contributed by atoms with E-state index >= 15 is 0 Å². The van der Waals surface area contributed by atoms with E-state index in [9.17, 15) is 9.59 Å². The van der Waals surface area contributed by atoms with E-state index in [1.165, 1.54) is 6.26 Å². The predicted molar refractivity (Wildman–Crippen MR) is 106 cm³/mol. The number of carbonyl (C=O) groups is 2. The lowest BCUT2D eigenvalue weighted by Gasteiger charge is -2.32. The van der Waals surface area contributed by atoms with E-state index in [0.717, 1.165) is 38.8 Å². The molecule has 1 unspecified atom stereocenters. The molecule has 2 amide bonds. The Balaban J connectivity index is 1.35. The number of amides is 2. The first-order valence-corrected chi connectivity index (χ1v) is 10.3. The Kier molecular flexibility index (Phi) is 5.56. The molecule has 2 aliphatic rings. The van der Waals surface area contributed by atoms with Crippen LogP contribution in [0.15, 0.2) is 41.1 Å². The van der Waals surface area contributed by atoms with E-state index in [1.807, 2.05) is 24.0 Å². The lowest BCUT2D eigenvalue weighted by Crippen LogP contribution is -2.42. The van der Waals surface area contributed by atoms with Crippen LogP contribution in [0.2, 0.25) is 0 Å². The van der Waals surface area contributed by atoms with Crippen LogP contribution < -0.4 is 4.74 Å². The Morgan fingerprint density at radius 3 is 2.62 bits per heavy atom. The summed E-state index contributed by atoms with van der Waals surface area (Å²) in [5, 5.41) is 3.92. The third kappa shape index (κ3) is 4.44. The molecule has 0 bridgehead atoms. The summed E-state index contributed by atoms with van der Waals surface area (Å²) in [7, 11) is 1.75. The van der Waals surface area contributed by atoms with Gasteiger partial charge >= 0.3 is 0 Å². The highest BCUT2D eigenvalue weighted by Crippen LogP contribution is 2.32. The zero-order valence-corrected chi connectivity index (χ0v) is 16.9. The highest BCUT2D eigenvalue weighted by Gasteiger charge is 2.35. The maximum Gasteiger partial charge on any atom is 0.254 e. The average molecular weight is 397 g/mol. The lowest BCUT2D eigenvalue weighted by molar-refractivity contribution is -0.134. The fraction of sp³-hybridized carbons (Fsp3) is 0.500. The van der Waals surface area contributed by atoms with Gasteiger partial charge in [0.25, 0.3) is 5.91 Å². The van der Waals surface area contributed by atoms with Crippen molar-refractivity contribution in [1.29, 1.82) is 0 Å². The molecule has 1 aromatic heterocycles. The van der Waals surface area contributed by atoms with Gasteiger partial charge in [-0.15, -0.1) is 0 Å². The number of piperidine rings is 1. The van der Waals surface area contributed by atoms with Crippen LogP contribution in [-0.2, 0) is 4.79 Å². The first-order chi connectivity index (χ1) is 14.0. The van der Waals surface area contributed by atoms with Gasteiger partial charge in [0.1, 0.15) is 23.8 Å². The Morgan fingerprint density at radius 1 is 1.21 bits per heavy atom. The molecular formula is C22H27N3O4. The summed E-state index contributed by atoms with van der Waals surface area (Å²) in [5.41, 5.74) is 1.28. The van der Waals surface area contributed by atoms with Crippen LogP contribution in [0.5, 0.6) is 5.75 Å². The Labute approximate surface area is 170 Å². The number of carbonyl (C=O) groups excluding carboxylic acids is 2. The zero-order valence-electron chi connectivity index (χ0n) is 16.9. The van der Waals surface area contributed by atoms with Crippen molar-refractivity contribution in [3.05, 3.63) is 47.9 Å². The quantitative estimate of drug-likeness (QED) is 0.748. The van der Waals surface area contributed by atoms with E-state index in [0.29, 0.717) is 22.9 Å². The molecule has 1 aliphatic carbocycles. The second-order valence-corrected chi connectivity index (χ2v) is 7.96. The summed E-state index contributed by atoms with van der Waals surface area (Å²) in [6.07, 6.45) is 5.29. The molecule has 154 valence electrons. The van der Waals surface area contributed by atoms with Gasteiger partial charge in [0.2, 0.25) is 5.91 Å². The van der Waals surface area contributed by atoms with Crippen LogP contribution in [0.4, 0.5) is 0 Å². The summed E-state index contributed by atoms with van der Waals surface area (Å²) >= 11 is 0. The molecule has 0 N–H and O–H groups in total. The number of likely N-dealkylation sites (tertiary alicyclic amines) is 1. The van der Waals surface area contributed by atoms with E-state index in [1.54, 1.807) is 30.1 Å².